The van der Waals surface area contributed by atoms with Crippen molar-refractivity contribution in [2.24, 2.45) is 0 Å². The number of rotatable bonds is 6. The highest BCUT2D eigenvalue weighted by Crippen LogP contribution is 2.35. The predicted molar refractivity (Wildman–Crippen MR) is 77.3 cm³/mol. The summed E-state index contributed by atoms with van der Waals surface area (Å²) in [6.45, 7) is 8.97. The Morgan fingerprint density at radius 1 is 1.19 bits per heavy atom. The van der Waals surface area contributed by atoms with Gasteiger partial charge in [-0.15, -0.1) is 0 Å². The summed E-state index contributed by atoms with van der Waals surface area (Å²) in [6, 6.07) is 3.28. The monoisotopic (exact) mass is 291 g/mol. The van der Waals surface area contributed by atoms with Gasteiger partial charge >= 0.3 is 5.97 Å². The highest BCUT2D eigenvalue weighted by atomic mass is 16.5. The largest absolute Gasteiger partial charge is 0.496 e. The summed E-state index contributed by atoms with van der Waals surface area (Å²) in [7, 11) is 4.48. The van der Waals surface area contributed by atoms with Crippen LogP contribution in [0.2, 0.25) is 0 Å². The topological polar surface area (TPSA) is 58.3 Å². The second-order valence-electron chi connectivity index (χ2n) is 3.81. The van der Waals surface area contributed by atoms with Crippen molar-refractivity contribution in [2.45, 2.75) is 6.92 Å². The number of esters is 1. The van der Waals surface area contributed by atoms with Gasteiger partial charge in [0.1, 0.15) is 17.2 Å². The van der Waals surface area contributed by atoms with Crippen molar-refractivity contribution in [1.29, 1.82) is 0 Å². The van der Waals surface area contributed by atoms with Crippen molar-refractivity contribution in [3.63, 3.8) is 0 Å². The lowest BCUT2D eigenvalue weighted by Gasteiger charge is -2.13. The zero-order valence-electron chi connectivity index (χ0n) is 12.4. The van der Waals surface area contributed by atoms with Crippen molar-refractivity contribution >= 4 is 12.0 Å². The van der Waals surface area contributed by atoms with Crippen LogP contribution in [0.15, 0.2) is 17.8 Å². The number of benzene rings is 1. The summed E-state index contributed by atoms with van der Waals surface area (Å²) in [5.74, 6) is 0.710. The maximum atomic E-state index is 11.7. The standard InChI is InChI=1S/C15H17NO5/c1-6-21-15(17)12(16-2)9-11-13(19-4)7-10(18-3)8-14(11)20-5/h7-9H,6H2,1,3-5H3/b12-9-. The van der Waals surface area contributed by atoms with Crippen LogP contribution in [0.1, 0.15) is 12.5 Å². The summed E-state index contributed by atoms with van der Waals surface area (Å²) in [5.41, 5.74) is 0.318. The predicted octanol–water partition coefficient (Wildman–Crippen LogP) is 2.54. The maximum Gasteiger partial charge on any atom is 0.336 e. The molecule has 0 amide bonds. The third kappa shape index (κ3) is 3.89. The molecule has 0 fully saturated rings. The molecule has 0 bridgehead atoms. The van der Waals surface area contributed by atoms with E-state index in [0.717, 1.165) is 0 Å². The van der Waals surface area contributed by atoms with Crippen LogP contribution < -0.4 is 14.2 Å². The Labute approximate surface area is 123 Å². The van der Waals surface area contributed by atoms with Crippen LogP contribution in [0.25, 0.3) is 10.9 Å². The van der Waals surface area contributed by atoms with E-state index in [1.165, 1.54) is 27.4 Å². The van der Waals surface area contributed by atoms with Gasteiger partial charge in [0.05, 0.1) is 34.5 Å². The van der Waals surface area contributed by atoms with Crippen molar-refractivity contribution in [3.8, 4) is 17.2 Å². The lowest BCUT2D eigenvalue weighted by atomic mass is 10.1. The number of hydrogen-bond donors (Lipinski definition) is 0. The van der Waals surface area contributed by atoms with Crippen LogP contribution >= 0.6 is 0 Å². The van der Waals surface area contributed by atoms with Gasteiger partial charge in [-0.2, -0.15) is 0 Å². The molecule has 0 aliphatic rings. The van der Waals surface area contributed by atoms with Crippen molar-refractivity contribution in [3.05, 3.63) is 34.8 Å². The van der Waals surface area contributed by atoms with Crippen molar-refractivity contribution < 1.29 is 23.7 Å². The molecule has 0 saturated carbocycles. The van der Waals surface area contributed by atoms with Gasteiger partial charge in [0.25, 0.3) is 5.70 Å². The molecule has 0 aliphatic carbocycles. The molecule has 0 heterocycles. The molecule has 0 aliphatic heterocycles. The Balaban J connectivity index is 3.40. The second kappa shape index (κ2) is 7.80. The molecule has 6 nitrogen and oxygen atoms in total. The fourth-order valence-electron chi connectivity index (χ4n) is 1.65. The van der Waals surface area contributed by atoms with E-state index in [4.69, 9.17) is 25.5 Å². The highest BCUT2D eigenvalue weighted by Gasteiger charge is 2.16. The van der Waals surface area contributed by atoms with E-state index in [1.807, 2.05) is 0 Å². The quantitative estimate of drug-likeness (QED) is 0.458. The summed E-state index contributed by atoms with van der Waals surface area (Å²) in [4.78, 5) is 14.9. The van der Waals surface area contributed by atoms with E-state index in [9.17, 15) is 4.79 Å². The fourth-order valence-corrected chi connectivity index (χ4v) is 1.65. The first-order valence-electron chi connectivity index (χ1n) is 6.17. The highest BCUT2D eigenvalue weighted by molar-refractivity contribution is 5.96. The van der Waals surface area contributed by atoms with Crippen LogP contribution in [0.3, 0.4) is 0 Å². The van der Waals surface area contributed by atoms with Gasteiger partial charge in [0, 0.05) is 17.7 Å². The second-order valence-corrected chi connectivity index (χ2v) is 3.81. The number of ether oxygens (including phenoxy) is 4. The molecule has 0 unspecified atom stereocenters. The molecule has 0 saturated heterocycles. The number of carbonyl (C=O) groups is 1. The molecule has 0 atom stereocenters. The summed E-state index contributed by atoms with van der Waals surface area (Å²) < 4.78 is 20.5. The first-order chi connectivity index (χ1) is 10.1. The van der Waals surface area contributed by atoms with Crippen LogP contribution in [0, 0.1) is 6.57 Å². The molecular weight excluding hydrogens is 274 g/mol. The van der Waals surface area contributed by atoms with Crippen molar-refractivity contribution in [1.82, 2.24) is 0 Å². The molecule has 21 heavy (non-hydrogen) atoms. The fraction of sp³-hybridized carbons (Fsp3) is 0.333. The Kier molecular flexibility index (Phi) is 6.08. The SMILES string of the molecule is [C-]#[N+]/C(=C\c1c(OC)cc(OC)cc1OC)C(=O)OCC. The molecule has 0 radical (unpaired) electrons. The maximum absolute atomic E-state index is 11.7. The van der Waals surface area contributed by atoms with Gasteiger partial charge in [0.15, 0.2) is 0 Å². The Morgan fingerprint density at radius 3 is 2.14 bits per heavy atom. The van der Waals surface area contributed by atoms with Crippen LogP contribution in [0.4, 0.5) is 0 Å². The molecule has 0 spiro atoms. The molecule has 0 aromatic heterocycles. The van der Waals surface area contributed by atoms with Gasteiger partial charge in [0.2, 0.25) is 0 Å². The van der Waals surface area contributed by atoms with Gasteiger partial charge < -0.3 is 18.9 Å². The molecular formula is C15H17NO5. The number of carbonyl (C=O) groups excluding carboxylic acids is 1. The lowest BCUT2D eigenvalue weighted by Crippen LogP contribution is -2.05. The number of nitrogens with zero attached hydrogens (tertiary/aromatic N) is 1. The molecule has 112 valence electrons. The first kappa shape index (κ1) is 16.4. The van der Waals surface area contributed by atoms with Crippen molar-refractivity contribution in [2.75, 3.05) is 27.9 Å². The number of methoxy groups -OCH3 is 3. The third-order valence-electron chi connectivity index (χ3n) is 2.64. The molecule has 0 N–H and O–H groups in total. The normalized spacial score (nSPS) is 10.5. The smallest absolute Gasteiger partial charge is 0.336 e. The van der Waals surface area contributed by atoms with E-state index in [2.05, 4.69) is 4.85 Å². The first-order valence-corrected chi connectivity index (χ1v) is 6.17. The molecule has 1 aromatic carbocycles. The molecule has 1 rings (SSSR count). The van der Waals surface area contributed by atoms with E-state index >= 15 is 0 Å². The van der Waals surface area contributed by atoms with E-state index in [0.29, 0.717) is 22.8 Å². The van der Waals surface area contributed by atoms with Gasteiger partial charge in [-0.1, -0.05) is 0 Å². The minimum Gasteiger partial charge on any atom is -0.496 e. The minimum atomic E-state index is -0.688. The third-order valence-corrected chi connectivity index (χ3v) is 2.64. The zero-order valence-corrected chi connectivity index (χ0v) is 12.4. The average molecular weight is 291 g/mol. The van der Waals surface area contributed by atoms with Crippen LogP contribution in [-0.4, -0.2) is 33.9 Å². The van der Waals surface area contributed by atoms with E-state index in [1.54, 1.807) is 19.1 Å². The molecule has 1 aromatic rings. The Bertz CT molecular complexity index is 561. The lowest BCUT2D eigenvalue weighted by molar-refractivity contribution is -0.138. The van der Waals surface area contributed by atoms with Crippen LogP contribution in [0.5, 0.6) is 17.2 Å². The molecule has 6 heteroatoms. The van der Waals surface area contributed by atoms with Gasteiger partial charge in [-0.25, -0.2) is 4.85 Å². The van der Waals surface area contributed by atoms with E-state index in [-0.39, 0.29) is 12.3 Å². The summed E-state index contributed by atoms with van der Waals surface area (Å²) >= 11 is 0. The summed E-state index contributed by atoms with van der Waals surface area (Å²) in [6.07, 6.45) is 1.38. The Hall–Kier alpha value is -2.68. The van der Waals surface area contributed by atoms with Gasteiger partial charge in [-0.05, 0) is 13.0 Å². The van der Waals surface area contributed by atoms with Gasteiger partial charge in [-0.3, -0.25) is 4.79 Å². The Morgan fingerprint density at radius 2 is 1.76 bits per heavy atom. The van der Waals surface area contributed by atoms with Crippen LogP contribution in [-0.2, 0) is 9.53 Å². The zero-order chi connectivity index (χ0) is 15.8. The summed E-state index contributed by atoms with van der Waals surface area (Å²) in [5, 5.41) is 0. The average Bonchev–Trinajstić information content (AvgIpc) is 2.51. The minimum absolute atomic E-state index is 0.154. The number of hydrogen-bond acceptors (Lipinski definition) is 5. The van der Waals surface area contributed by atoms with E-state index < -0.39 is 5.97 Å².